The minimum Gasteiger partial charge on any atom is -0.479 e. The third-order valence-electron chi connectivity index (χ3n) is 1.36. The number of ether oxygens (including phenoxy) is 2. The molecule has 0 rings (SSSR count). The van der Waals surface area contributed by atoms with Crippen LogP contribution in [0.1, 0.15) is 0 Å². The molecule has 0 radical (unpaired) electrons. The molecule has 0 aromatic heterocycles. The van der Waals surface area contributed by atoms with Gasteiger partial charge in [0, 0.05) is 6.08 Å². The van der Waals surface area contributed by atoms with Crippen LogP contribution in [0.25, 0.3) is 0 Å². The zero-order chi connectivity index (χ0) is 11.8. The minimum atomic E-state index is -0.942. The topological polar surface area (TPSA) is 57.1 Å². The van der Waals surface area contributed by atoms with Crippen LogP contribution in [0.2, 0.25) is 0 Å². The molecule has 0 atom stereocenters. The van der Waals surface area contributed by atoms with E-state index >= 15 is 0 Å². The first kappa shape index (κ1) is 13.2. The van der Waals surface area contributed by atoms with Gasteiger partial charge in [-0.25, -0.2) is 9.18 Å². The summed E-state index contributed by atoms with van der Waals surface area (Å²) in [4.78, 5) is 15.5. The molecule has 0 aliphatic heterocycles. The minimum absolute atomic E-state index is 0.0725. The van der Waals surface area contributed by atoms with Gasteiger partial charge in [-0.1, -0.05) is 6.58 Å². The predicted molar refractivity (Wildman–Crippen MR) is 51.8 cm³/mol. The third kappa shape index (κ3) is 4.26. The summed E-state index contributed by atoms with van der Waals surface area (Å²) in [6.07, 6.45) is 1.03. The fourth-order valence-electron chi connectivity index (χ4n) is 0.694. The molecule has 0 spiro atoms. The molecule has 0 unspecified atom stereocenters. The lowest BCUT2D eigenvalue weighted by Crippen LogP contribution is -2.09. The number of nitrogens with zero attached hydrogens (tertiary/aromatic N) is 1. The highest BCUT2D eigenvalue weighted by Gasteiger charge is 2.15. The second-order valence-corrected chi connectivity index (χ2v) is 2.27. The summed E-state index contributed by atoms with van der Waals surface area (Å²) < 4.78 is 21.9. The summed E-state index contributed by atoms with van der Waals surface area (Å²) in [5.41, 5.74) is -0.379. The van der Waals surface area contributed by atoms with Crippen LogP contribution in [-0.2, 0) is 19.1 Å². The summed E-state index contributed by atoms with van der Waals surface area (Å²) in [6.45, 7) is 2.98. The lowest BCUT2D eigenvalue weighted by molar-refractivity contribution is -0.135. The van der Waals surface area contributed by atoms with E-state index in [0.29, 0.717) is 0 Å². The van der Waals surface area contributed by atoms with Crippen molar-refractivity contribution in [3.8, 4) is 0 Å². The van der Waals surface area contributed by atoms with E-state index in [4.69, 9.17) is 4.74 Å². The van der Waals surface area contributed by atoms with Crippen molar-refractivity contribution in [2.75, 3.05) is 21.3 Å². The van der Waals surface area contributed by atoms with Gasteiger partial charge in [0.15, 0.2) is 0 Å². The van der Waals surface area contributed by atoms with Crippen LogP contribution in [0.5, 0.6) is 0 Å². The molecule has 0 heterocycles. The van der Waals surface area contributed by atoms with Crippen molar-refractivity contribution in [1.29, 1.82) is 0 Å². The van der Waals surface area contributed by atoms with Gasteiger partial charge in [0.05, 0.1) is 14.2 Å². The van der Waals surface area contributed by atoms with Crippen LogP contribution in [-0.4, -0.2) is 33.2 Å². The number of hydrogen-bond acceptors (Lipinski definition) is 5. The Balaban J connectivity index is 5.06. The second kappa shape index (κ2) is 6.58. The van der Waals surface area contributed by atoms with Gasteiger partial charge < -0.3 is 14.3 Å². The number of methoxy groups -OCH3 is 2. The summed E-state index contributed by atoms with van der Waals surface area (Å²) in [5, 5.41) is 3.38. The van der Waals surface area contributed by atoms with E-state index < -0.39 is 11.8 Å². The predicted octanol–water partition coefficient (Wildman–Crippen LogP) is 1.18. The molecule has 5 nitrogen and oxygen atoms in total. The van der Waals surface area contributed by atoms with E-state index in [9.17, 15) is 9.18 Å². The molecular weight excluding hydrogens is 205 g/mol. The Morgan fingerprint density at radius 3 is 2.27 bits per heavy atom. The van der Waals surface area contributed by atoms with E-state index in [1.165, 1.54) is 14.2 Å². The van der Waals surface area contributed by atoms with Gasteiger partial charge in [-0.3, -0.25) is 0 Å². The zero-order valence-electron chi connectivity index (χ0n) is 8.74. The average Bonchev–Trinajstić information content (AvgIpc) is 2.22. The molecule has 0 aromatic rings. The zero-order valence-corrected chi connectivity index (χ0v) is 8.74. The van der Waals surface area contributed by atoms with Gasteiger partial charge in [-0.15, -0.1) is 0 Å². The molecule has 0 N–H and O–H groups in total. The van der Waals surface area contributed by atoms with E-state index in [2.05, 4.69) is 21.3 Å². The summed E-state index contributed by atoms with van der Waals surface area (Å²) >= 11 is 0. The number of oxime groups is 1. The monoisotopic (exact) mass is 217 g/mol. The highest BCUT2D eigenvalue weighted by atomic mass is 19.1. The van der Waals surface area contributed by atoms with E-state index in [0.717, 1.165) is 13.2 Å². The Labute approximate surface area is 86.8 Å². The van der Waals surface area contributed by atoms with Crippen molar-refractivity contribution >= 4 is 11.9 Å². The summed E-state index contributed by atoms with van der Waals surface area (Å²) in [5.74, 6) is -1.89. The lowest BCUT2D eigenvalue weighted by atomic mass is 10.2. The first-order chi connectivity index (χ1) is 7.06. The molecule has 0 aliphatic carbocycles. The van der Waals surface area contributed by atoms with Gasteiger partial charge in [-0.05, 0) is 5.16 Å². The fourth-order valence-corrected chi connectivity index (χ4v) is 0.694. The number of rotatable bonds is 4. The van der Waals surface area contributed by atoms with Gasteiger partial charge >= 0.3 is 5.97 Å². The van der Waals surface area contributed by atoms with Gasteiger partial charge in [0.1, 0.15) is 18.5 Å². The Morgan fingerprint density at radius 1 is 1.33 bits per heavy atom. The van der Waals surface area contributed by atoms with Crippen molar-refractivity contribution in [2.45, 2.75) is 0 Å². The number of carbonyl (C=O) groups is 1. The molecule has 0 amide bonds. The van der Waals surface area contributed by atoms with Crippen LogP contribution in [0, 0.1) is 0 Å². The lowest BCUT2D eigenvalue weighted by Gasteiger charge is -2.03. The molecule has 0 saturated carbocycles. The van der Waals surface area contributed by atoms with Crippen LogP contribution in [0.3, 0.4) is 0 Å². The highest BCUT2D eigenvalue weighted by Crippen LogP contribution is 2.11. The number of carbonyl (C=O) groups excluding carboxylic acids is 1. The third-order valence-corrected chi connectivity index (χ3v) is 1.36. The Morgan fingerprint density at radius 2 is 1.93 bits per heavy atom. The molecule has 15 heavy (non-hydrogen) atoms. The van der Waals surface area contributed by atoms with Crippen molar-refractivity contribution in [1.82, 2.24) is 0 Å². The van der Waals surface area contributed by atoms with Crippen molar-refractivity contribution in [3.05, 3.63) is 24.1 Å². The normalized spacial score (nSPS) is 12.0. The molecule has 84 valence electrons. The molecule has 0 aliphatic rings. The highest BCUT2D eigenvalue weighted by molar-refractivity contribution is 6.00. The maximum absolute atomic E-state index is 12.8. The smallest absolute Gasteiger partial charge is 0.341 e. The maximum Gasteiger partial charge on any atom is 0.341 e. The fraction of sp³-hybridized carbons (Fsp3) is 0.333. The quantitative estimate of drug-likeness (QED) is 0.177. The van der Waals surface area contributed by atoms with Crippen LogP contribution >= 0.6 is 0 Å². The van der Waals surface area contributed by atoms with E-state index in [-0.39, 0.29) is 11.5 Å². The molecular formula is C9H12FNO4. The molecule has 0 saturated heterocycles. The first-order valence-electron chi connectivity index (χ1n) is 3.86. The maximum atomic E-state index is 12.8. The summed E-state index contributed by atoms with van der Waals surface area (Å²) in [6, 6.07) is 0. The van der Waals surface area contributed by atoms with Crippen LogP contribution < -0.4 is 0 Å². The van der Waals surface area contributed by atoms with Crippen LogP contribution in [0.15, 0.2) is 29.2 Å². The number of halogens is 1. The Hall–Kier alpha value is -1.85. The molecule has 6 heteroatoms. The Bertz CT molecular complexity index is 309. The van der Waals surface area contributed by atoms with Crippen LogP contribution in [0.4, 0.5) is 4.39 Å². The van der Waals surface area contributed by atoms with Gasteiger partial charge in [0.2, 0.25) is 0 Å². The molecule has 0 aromatic carbocycles. The second-order valence-electron chi connectivity index (χ2n) is 2.27. The number of esters is 1. The first-order valence-corrected chi connectivity index (χ1v) is 3.86. The molecule has 0 bridgehead atoms. The van der Waals surface area contributed by atoms with Crippen molar-refractivity contribution in [2.24, 2.45) is 5.16 Å². The Kier molecular flexibility index (Phi) is 5.77. The van der Waals surface area contributed by atoms with E-state index in [1.807, 2.05) is 0 Å². The standard InChI is InChI=1S/C9H12FNO4/c1-6(10)7(9(12)14-3)5-8(13-2)11-15-4/h5H,1H2,2-4H3/b7-5+,11-8-. The summed E-state index contributed by atoms with van der Waals surface area (Å²) in [7, 11) is 3.71. The van der Waals surface area contributed by atoms with Crippen molar-refractivity contribution in [3.63, 3.8) is 0 Å². The average molecular weight is 217 g/mol. The van der Waals surface area contributed by atoms with Crippen molar-refractivity contribution < 1.29 is 23.5 Å². The number of hydrogen-bond donors (Lipinski definition) is 0. The van der Waals surface area contributed by atoms with Gasteiger partial charge in [-0.2, -0.15) is 0 Å². The molecule has 0 fully saturated rings. The van der Waals surface area contributed by atoms with Gasteiger partial charge in [0.25, 0.3) is 5.90 Å². The largest absolute Gasteiger partial charge is 0.479 e. The van der Waals surface area contributed by atoms with E-state index in [1.54, 1.807) is 0 Å². The SMILES string of the molecule is C=C(F)/C(=C\C(=N\OC)OC)C(=O)OC.